The first-order chi connectivity index (χ1) is 8.56. The number of aromatic carboxylic acids is 1. The molecule has 0 aliphatic carbocycles. The molecule has 0 saturated heterocycles. The van der Waals surface area contributed by atoms with Crippen LogP contribution in [0.5, 0.6) is 11.6 Å². The lowest BCUT2D eigenvalue weighted by Crippen LogP contribution is -2.02. The molecule has 0 aliphatic heterocycles. The molecule has 92 valence electrons. The molecule has 2 aromatic rings. The summed E-state index contributed by atoms with van der Waals surface area (Å²) in [6.07, 6.45) is 2.36. The monoisotopic (exact) mass is 248 g/mol. The summed E-state index contributed by atoms with van der Waals surface area (Å²) in [6.45, 7) is 1.63. The molecular formula is C12H9FN2O3. The second kappa shape index (κ2) is 4.79. The first-order valence-electron chi connectivity index (χ1n) is 5.05. The van der Waals surface area contributed by atoms with Crippen molar-refractivity contribution in [3.8, 4) is 11.6 Å². The number of carboxylic acid groups (broad SMARTS) is 1. The van der Waals surface area contributed by atoms with Gasteiger partial charge in [0, 0.05) is 6.07 Å². The van der Waals surface area contributed by atoms with Crippen LogP contribution in [0.1, 0.15) is 16.1 Å². The fourth-order valence-corrected chi connectivity index (χ4v) is 1.26. The molecule has 2 rings (SSSR count). The molecule has 0 amide bonds. The van der Waals surface area contributed by atoms with Crippen LogP contribution in [0.4, 0.5) is 4.39 Å². The first-order valence-corrected chi connectivity index (χ1v) is 5.05. The van der Waals surface area contributed by atoms with Gasteiger partial charge in [0.1, 0.15) is 11.6 Å². The van der Waals surface area contributed by atoms with Crippen LogP contribution < -0.4 is 4.74 Å². The number of benzene rings is 1. The van der Waals surface area contributed by atoms with Gasteiger partial charge in [0.25, 0.3) is 0 Å². The second-order valence-corrected chi connectivity index (χ2v) is 3.56. The molecule has 0 unspecified atom stereocenters. The predicted octanol–water partition coefficient (Wildman–Crippen LogP) is 2.41. The van der Waals surface area contributed by atoms with Crippen LogP contribution >= 0.6 is 0 Å². The Bertz CT molecular complexity index is 602. The summed E-state index contributed by atoms with van der Waals surface area (Å²) in [5.74, 6) is -1.38. The number of ether oxygens (including phenoxy) is 1. The Kier molecular flexibility index (Phi) is 3.18. The van der Waals surface area contributed by atoms with Gasteiger partial charge in [-0.3, -0.25) is 4.98 Å². The first kappa shape index (κ1) is 12.0. The molecule has 6 heteroatoms. The van der Waals surface area contributed by atoms with E-state index < -0.39 is 11.8 Å². The third kappa shape index (κ3) is 2.60. The topological polar surface area (TPSA) is 72.3 Å². The molecule has 5 nitrogen and oxygen atoms in total. The zero-order chi connectivity index (χ0) is 13.1. The number of halogens is 1. The molecule has 1 aromatic heterocycles. The van der Waals surface area contributed by atoms with Gasteiger partial charge in [-0.2, -0.15) is 0 Å². The summed E-state index contributed by atoms with van der Waals surface area (Å²) in [5, 5.41) is 8.74. The van der Waals surface area contributed by atoms with E-state index in [2.05, 4.69) is 9.97 Å². The van der Waals surface area contributed by atoms with Gasteiger partial charge in [0.2, 0.25) is 5.88 Å². The summed E-state index contributed by atoms with van der Waals surface area (Å²) < 4.78 is 18.5. The third-order valence-corrected chi connectivity index (χ3v) is 2.20. The molecule has 1 heterocycles. The maximum atomic E-state index is 13.3. The van der Waals surface area contributed by atoms with E-state index in [1.807, 2.05) is 0 Å². The lowest BCUT2D eigenvalue weighted by atomic mass is 10.2. The SMILES string of the molecule is Cc1ccc(Oc2cncc(C(=O)O)n2)cc1F. The zero-order valence-electron chi connectivity index (χ0n) is 9.42. The van der Waals surface area contributed by atoms with Crippen molar-refractivity contribution in [2.75, 3.05) is 0 Å². The van der Waals surface area contributed by atoms with Crippen LogP contribution in [-0.4, -0.2) is 21.0 Å². The second-order valence-electron chi connectivity index (χ2n) is 3.56. The summed E-state index contributed by atoms with van der Waals surface area (Å²) in [7, 11) is 0. The Morgan fingerprint density at radius 1 is 1.39 bits per heavy atom. The van der Waals surface area contributed by atoms with E-state index in [1.54, 1.807) is 19.1 Å². The zero-order valence-corrected chi connectivity index (χ0v) is 9.42. The molecule has 0 radical (unpaired) electrons. The minimum Gasteiger partial charge on any atom is -0.476 e. The van der Waals surface area contributed by atoms with E-state index in [1.165, 1.54) is 12.3 Å². The predicted molar refractivity (Wildman–Crippen MR) is 60.2 cm³/mol. The lowest BCUT2D eigenvalue weighted by molar-refractivity contribution is 0.0689. The van der Waals surface area contributed by atoms with Crippen molar-refractivity contribution in [1.29, 1.82) is 0 Å². The Balaban J connectivity index is 2.25. The Morgan fingerprint density at radius 2 is 2.17 bits per heavy atom. The fraction of sp³-hybridized carbons (Fsp3) is 0.0833. The van der Waals surface area contributed by atoms with Gasteiger partial charge in [0.15, 0.2) is 5.69 Å². The van der Waals surface area contributed by atoms with Gasteiger partial charge < -0.3 is 9.84 Å². The summed E-state index contributed by atoms with van der Waals surface area (Å²) in [5.41, 5.74) is 0.257. The highest BCUT2D eigenvalue weighted by atomic mass is 19.1. The van der Waals surface area contributed by atoms with Crippen LogP contribution in [0.25, 0.3) is 0 Å². The van der Waals surface area contributed by atoms with Gasteiger partial charge in [-0.25, -0.2) is 14.2 Å². The van der Waals surface area contributed by atoms with Crippen molar-refractivity contribution in [2.24, 2.45) is 0 Å². The van der Waals surface area contributed by atoms with Crippen LogP contribution in [0, 0.1) is 12.7 Å². The van der Waals surface area contributed by atoms with Gasteiger partial charge >= 0.3 is 5.97 Å². The number of nitrogens with zero attached hydrogens (tertiary/aromatic N) is 2. The van der Waals surface area contributed by atoms with Crippen molar-refractivity contribution in [2.45, 2.75) is 6.92 Å². The summed E-state index contributed by atoms with van der Waals surface area (Å²) >= 11 is 0. The number of carbonyl (C=O) groups is 1. The van der Waals surface area contributed by atoms with Crippen molar-refractivity contribution in [3.05, 3.63) is 47.7 Å². The van der Waals surface area contributed by atoms with E-state index in [-0.39, 0.29) is 17.3 Å². The van der Waals surface area contributed by atoms with Crippen molar-refractivity contribution >= 4 is 5.97 Å². The number of carboxylic acids is 1. The molecule has 1 N–H and O–H groups in total. The maximum absolute atomic E-state index is 13.3. The van der Waals surface area contributed by atoms with Gasteiger partial charge in [-0.1, -0.05) is 6.07 Å². The number of aryl methyl sites for hydroxylation is 1. The minimum atomic E-state index is -1.21. The summed E-state index contributed by atoms with van der Waals surface area (Å²) in [4.78, 5) is 18.1. The lowest BCUT2D eigenvalue weighted by Gasteiger charge is -2.05. The third-order valence-electron chi connectivity index (χ3n) is 2.20. The van der Waals surface area contributed by atoms with Crippen LogP contribution in [0.15, 0.2) is 30.6 Å². The van der Waals surface area contributed by atoms with Gasteiger partial charge in [-0.15, -0.1) is 0 Å². The largest absolute Gasteiger partial charge is 0.476 e. The Labute approximate surface area is 102 Å². The molecule has 1 aromatic carbocycles. The average Bonchev–Trinajstić information content (AvgIpc) is 2.34. The molecule has 0 spiro atoms. The molecule has 0 atom stereocenters. The van der Waals surface area contributed by atoms with E-state index in [9.17, 15) is 9.18 Å². The highest BCUT2D eigenvalue weighted by Gasteiger charge is 2.08. The number of hydrogen-bond donors (Lipinski definition) is 1. The molecule has 0 aliphatic rings. The van der Waals surface area contributed by atoms with Gasteiger partial charge in [0.05, 0.1) is 12.4 Å². The minimum absolute atomic E-state index is 0.00171. The van der Waals surface area contributed by atoms with E-state index >= 15 is 0 Å². The Hall–Kier alpha value is -2.50. The number of hydrogen-bond acceptors (Lipinski definition) is 4. The number of rotatable bonds is 3. The van der Waals surface area contributed by atoms with Crippen molar-refractivity contribution in [1.82, 2.24) is 9.97 Å². The maximum Gasteiger partial charge on any atom is 0.356 e. The van der Waals surface area contributed by atoms with E-state index in [0.29, 0.717) is 5.56 Å². The van der Waals surface area contributed by atoms with Crippen LogP contribution in [-0.2, 0) is 0 Å². The molecule has 18 heavy (non-hydrogen) atoms. The quantitative estimate of drug-likeness (QED) is 0.902. The fourth-order valence-electron chi connectivity index (χ4n) is 1.26. The standard InChI is InChI=1S/C12H9FN2O3/c1-7-2-3-8(4-9(7)13)18-11-6-14-5-10(15-11)12(16)17/h2-6H,1H3,(H,16,17). The number of aromatic nitrogens is 2. The highest BCUT2D eigenvalue weighted by Crippen LogP contribution is 2.21. The Morgan fingerprint density at radius 3 is 2.83 bits per heavy atom. The average molecular weight is 248 g/mol. The van der Waals surface area contributed by atoms with Crippen molar-refractivity contribution < 1.29 is 19.0 Å². The molecule has 0 saturated carbocycles. The van der Waals surface area contributed by atoms with E-state index in [0.717, 1.165) is 6.20 Å². The summed E-state index contributed by atoms with van der Waals surface area (Å²) in [6, 6.07) is 4.32. The smallest absolute Gasteiger partial charge is 0.356 e. The molecule has 0 bridgehead atoms. The van der Waals surface area contributed by atoms with Gasteiger partial charge in [-0.05, 0) is 18.6 Å². The highest BCUT2D eigenvalue weighted by molar-refractivity contribution is 5.84. The normalized spacial score (nSPS) is 10.1. The van der Waals surface area contributed by atoms with Crippen LogP contribution in [0.2, 0.25) is 0 Å². The molecule has 0 fully saturated rings. The van der Waals surface area contributed by atoms with Crippen LogP contribution in [0.3, 0.4) is 0 Å². The van der Waals surface area contributed by atoms with E-state index in [4.69, 9.17) is 9.84 Å². The van der Waals surface area contributed by atoms with Crippen molar-refractivity contribution in [3.63, 3.8) is 0 Å². The molecular weight excluding hydrogens is 239 g/mol.